The number of amides is 1. The second kappa shape index (κ2) is 6.74. The number of nitrogens with zero attached hydrogens (tertiary/aromatic N) is 1. The zero-order valence-electron chi connectivity index (χ0n) is 6.52. The van der Waals surface area contributed by atoms with Crippen molar-refractivity contribution in [1.29, 1.82) is 0 Å². The summed E-state index contributed by atoms with van der Waals surface area (Å²) in [5, 5.41) is 3.38. The number of carbonyl (C=O) groups excluding carboxylic acids is 1. The van der Waals surface area contributed by atoms with Crippen LogP contribution in [0.4, 0.5) is 4.79 Å². The van der Waals surface area contributed by atoms with Gasteiger partial charge >= 0.3 is 6.09 Å². The van der Waals surface area contributed by atoms with Crippen LogP contribution < -0.4 is 5.43 Å². The fourth-order valence-corrected chi connectivity index (χ4v) is 0.581. The van der Waals surface area contributed by atoms with Crippen LogP contribution in [0.1, 0.15) is 6.92 Å². The van der Waals surface area contributed by atoms with Crippen molar-refractivity contribution in [3.8, 4) is 0 Å². The zero-order valence-corrected chi connectivity index (χ0v) is 7.34. The molecule has 0 aliphatic heterocycles. The van der Waals surface area contributed by atoms with E-state index >= 15 is 0 Å². The molecule has 0 aromatic heterocycles. The smallest absolute Gasteiger partial charge is 0.427 e. The highest BCUT2D eigenvalue weighted by Crippen LogP contribution is 1.80. The minimum atomic E-state index is -1.93. The fourth-order valence-electron chi connectivity index (χ4n) is 0.355. The van der Waals surface area contributed by atoms with E-state index in [1.165, 1.54) is 6.21 Å². The standard InChI is InChI=1S/C5H10N2O4S/c1-2-6-7-5(8)11-3-4-12(9)10/h2H,3-4H2,1H3,(H,7,8)(H,9,10)/b6-2+. The lowest BCUT2D eigenvalue weighted by Gasteiger charge is -2.00. The van der Waals surface area contributed by atoms with Gasteiger partial charge in [-0.15, -0.1) is 0 Å². The van der Waals surface area contributed by atoms with Gasteiger partial charge in [-0.05, 0) is 6.92 Å². The summed E-state index contributed by atoms with van der Waals surface area (Å²) in [5.74, 6) is -0.0940. The van der Waals surface area contributed by atoms with Gasteiger partial charge in [-0.25, -0.2) is 14.4 Å². The van der Waals surface area contributed by atoms with E-state index in [1.807, 2.05) is 5.43 Å². The molecule has 1 unspecified atom stereocenters. The van der Waals surface area contributed by atoms with Gasteiger partial charge in [0.2, 0.25) is 0 Å². The van der Waals surface area contributed by atoms with Gasteiger partial charge in [0.1, 0.15) is 6.61 Å². The molecule has 0 spiro atoms. The first-order valence-corrected chi connectivity index (χ1v) is 4.42. The molecule has 2 N–H and O–H groups in total. The van der Waals surface area contributed by atoms with Crippen molar-refractivity contribution in [2.45, 2.75) is 6.92 Å². The van der Waals surface area contributed by atoms with Crippen LogP contribution in [0, 0.1) is 0 Å². The van der Waals surface area contributed by atoms with E-state index in [0.29, 0.717) is 0 Å². The topological polar surface area (TPSA) is 88.0 Å². The molecule has 12 heavy (non-hydrogen) atoms. The van der Waals surface area contributed by atoms with Crippen LogP contribution in [-0.4, -0.2) is 33.4 Å². The van der Waals surface area contributed by atoms with Gasteiger partial charge in [0.15, 0.2) is 11.1 Å². The van der Waals surface area contributed by atoms with Crippen molar-refractivity contribution in [2.75, 3.05) is 12.4 Å². The van der Waals surface area contributed by atoms with Crippen molar-refractivity contribution in [3.63, 3.8) is 0 Å². The van der Waals surface area contributed by atoms with Crippen LogP contribution >= 0.6 is 0 Å². The Kier molecular flexibility index (Phi) is 6.21. The van der Waals surface area contributed by atoms with Crippen LogP contribution in [0.3, 0.4) is 0 Å². The van der Waals surface area contributed by atoms with E-state index in [9.17, 15) is 9.00 Å². The lowest BCUT2D eigenvalue weighted by Crippen LogP contribution is -2.21. The van der Waals surface area contributed by atoms with E-state index in [1.54, 1.807) is 6.92 Å². The number of rotatable bonds is 4. The van der Waals surface area contributed by atoms with Gasteiger partial charge in [0.25, 0.3) is 0 Å². The molecule has 0 aliphatic carbocycles. The molecule has 0 aliphatic rings. The maximum Gasteiger partial charge on any atom is 0.427 e. The van der Waals surface area contributed by atoms with Gasteiger partial charge in [0, 0.05) is 6.21 Å². The molecular formula is C5H10N2O4S. The summed E-state index contributed by atoms with van der Waals surface area (Å²) in [4.78, 5) is 10.6. The molecule has 0 fully saturated rings. The Hall–Kier alpha value is -0.950. The van der Waals surface area contributed by atoms with Crippen molar-refractivity contribution in [1.82, 2.24) is 5.43 Å². The Balaban J connectivity index is 3.38. The Morgan fingerprint density at radius 2 is 2.50 bits per heavy atom. The van der Waals surface area contributed by atoms with Gasteiger partial charge < -0.3 is 9.29 Å². The summed E-state index contributed by atoms with van der Waals surface area (Å²) in [6.45, 7) is 1.53. The van der Waals surface area contributed by atoms with E-state index in [2.05, 4.69) is 9.84 Å². The molecule has 0 aromatic rings. The van der Waals surface area contributed by atoms with Crippen LogP contribution in [0.2, 0.25) is 0 Å². The molecule has 0 radical (unpaired) electrons. The van der Waals surface area contributed by atoms with Crippen LogP contribution in [0.25, 0.3) is 0 Å². The van der Waals surface area contributed by atoms with E-state index in [-0.39, 0.29) is 12.4 Å². The van der Waals surface area contributed by atoms with Crippen molar-refractivity contribution >= 4 is 23.4 Å². The summed E-state index contributed by atoms with van der Waals surface area (Å²) in [7, 11) is 0. The minimum absolute atomic E-state index is 0.0940. The largest absolute Gasteiger partial charge is 0.447 e. The second-order valence-electron chi connectivity index (χ2n) is 1.66. The zero-order chi connectivity index (χ0) is 9.40. The van der Waals surface area contributed by atoms with Crippen LogP contribution in [-0.2, 0) is 15.8 Å². The molecule has 0 saturated heterocycles. The lowest BCUT2D eigenvalue weighted by molar-refractivity contribution is 0.153. The fraction of sp³-hybridized carbons (Fsp3) is 0.600. The normalized spacial score (nSPS) is 12.8. The third-order valence-corrected chi connectivity index (χ3v) is 1.29. The maximum absolute atomic E-state index is 10.6. The molecule has 6 nitrogen and oxygen atoms in total. The SMILES string of the molecule is C/C=N/NC(=O)OCCS(=O)O. The molecule has 0 heterocycles. The molecule has 1 atom stereocenters. The van der Waals surface area contributed by atoms with Crippen LogP contribution in [0.5, 0.6) is 0 Å². The quantitative estimate of drug-likeness (QED) is 0.373. The van der Waals surface area contributed by atoms with E-state index in [4.69, 9.17) is 4.55 Å². The van der Waals surface area contributed by atoms with Gasteiger partial charge in [-0.1, -0.05) is 0 Å². The second-order valence-corrected chi connectivity index (χ2v) is 2.71. The first kappa shape index (κ1) is 11.1. The van der Waals surface area contributed by atoms with Gasteiger partial charge in [-0.3, -0.25) is 0 Å². The highest BCUT2D eigenvalue weighted by atomic mass is 32.2. The third-order valence-electron chi connectivity index (χ3n) is 0.776. The predicted molar refractivity (Wildman–Crippen MR) is 44.3 cm³/mol. The molecule has 7 heteroatoms. The molecule has 0 rings (SSSR count). The Morgan fingerprint density at radius 3 is 3.00 bits per heavy atom. The number of hydrazone groups is 1. The van der Waals surface area contributed by atoms with Crippen molar-refractivity contribution in [3.05, 3.63) is 0 Å². The van der Waals surface area contributed by atoms with Crippen molar-refractivity contribution < 1.29 is 18.3 Å². The summed E-state index contributed by atoms with van der Waals surface area (Å²) in [6.07, 6.45) is 0.643. The molecule has 70 valence electrons. The Bertz CT molecular complexity index is 194. The molecule has 0 aromatic carbocycles. The van der Waals surface area contributed by atoms with E-state index < -0.39 is 17.2 Å². The number of carbonyl (C=O) groups is 1. The summed E-state index contributed by atoms with van der Waals surface area (Å²) < 4.78 is 22.8. The maximum atomic E-state index is 10.6. The average Bonchev–Trinajstić information content (AvgIpc) is 2.00. The average molecular weight is 194 g/mol. The first-order valence-electron chi connectivity index (χ1n) is 3.14. The first-order chi connectivity index (χ1) is 5.66. The minimum Gasteiger partial charge on any atom is -0.447 e. The van der Waals surface area contributed by atoms with E-state index in [0.717, 1.165) is 0 Å². The molecular weight excluding hydrogens is 184 g/mol. The van der Waals surface area contributed by atoms with Crippen molar-refractivity contribution in [2.24, 2.45) is 5.10 Å². The third kappa shape index (κ3) is 7.16. The number of nitrogens with one attached hydrogen (secondary N) is 1. The van der Waals surface area contributed by atoms with Crippen LogP contribution in [0.15, 0.2) is 5.10 Å². The number of hydrogen-bond donors (Lipinski definition) is 2. The highest BCUT2D eigenvalue weighted by Gasteiger charge is 2.00. The summed E-state index contributed by atoms with van der Waals surface area (Å²) in [5.41, 5.74) is 2.03. The predicted octanol–water partition coefficient (Wildman–Crippen LogP) is -0.0600. The van der Waals surface area contributed by atoms with Gasteiger partial charge in [0.05, 0.1) is 5.75 Å². The van der Waals surface area contributed by atoms with Gasteiger partial charge in [-0.2, -0.15) is 5.10 Å². The summed E-state index contributed by atoms with van der Waals surface area (Å²) >= 11 is -1.93. The number of ether oxygens (including phenoxy) is 1. The number of hydrogen-bond acceptors (Lipinski definition) is 4. The Morgan fingerprint density at radius 1 is 1.83 bits per heavy atom. The highest BCUT2D eigenvalue weighted by molar-refractivity contribution is 7.79. The molecule has 1 amide bonds. The lowest BCUT2D eigenvalue weighted by atomic mass is 10.8. The molecule has 0 saturated carbocycles. The summed E-state index contributed by atoms with van der Waals surface area (Å²) in [6, 6.07) is 0. The monoisotopic (exact) mass is 194 g/mol. The molecule has 0 bridgehead atoms. The Labute approximate surface area is 72.3 Å².